The fourth-order valence-electron chi connectivity index (χ4n) is 1.40. The van der Waals surface area contributed by atoms with Crippen LogP contribution in [0.25, 0.3) is 0 Å². The molecule has 2 heterocycles. The molecule has 0 saturated carbocycles. The van der Waals surface area contributed by atoms with Crippen molar-refractivity contribution in [2.24, 2.45) is 0 Å². The summed E-state index contributed by atoms with van der Waals surface area (Å²) in [6.45, 7) is 0. The van der Waals surface area contributed by atoms with Crippen molar-refractivity contribution in [3.05, 3.63) is 11.8 Å². The maximum atomic E-state index is 5.65. The van der Waals surface area contributed by atoms with Crippen LogP contribution in [0.15, 0.2) is 6.07 Å². The molecule has 1 aliphatic rings. The van der Waals surface area contributed by atoms with Crippen LogP contribution in [-0.4, -0.2) is 16.0 Å². The standard InChI is InChI=1S/C8H12N4S/c9-5-4-6(11-12-8(5)10)7-2-1-3-13-7/h4,7H,1-3H2,(H2,9,11)(H2,10,12). The summed E-state index contributed by atoms with van der Waals surface area (Å²) < 4.78 is 0. The zero-order chi connectivity index (χ0) is 9.26. The van der Waals surface area contributed by atoms with Crippen LogP contribution < -0.4 is 11.5 Å². The third-order valence-corrected chi connectivity index (χ3v) is 3.54. The first-order chi connectivity index (χ1) is 6.27. The highest BCUT2D eigenvalue weighted by atomic mass is 32.2. The van der Waals surface area contributed by atoms with Gasteiger partial charge in [-0.2, -0.15) is 16.9 Å². The quantitative estimate of drug-likeness (QED) is 0.706. The number of aromatic nitrogens is 2. The molecular formula is C8H12N4S. The fraction of sp³-hybridized carbons (Fsp3) is 0.500. The molecule has 1 fully saturated rings. The highest BCUT2D eigenvalue weighted by molar-refractivity contribution is 7.99. The molecule has 0 aliphatic carbocycles. The van der Waals surface area contributed by atoms with Gasteiger partial charge in [0.1, 0.15) is 0 Å². The minimum absolute atomic E-state index is 0.326. The Morgan fingerprint density at radius 3 is 2.85 bits per heavy atom. The van der Waals surface area contributed by atoms with Crippen LogP contribution in [-0.2, 0) is 0 Å². The maximum Gasteiger partial charge on any atom is 0.169 e. The van der Waals surface area contributed by atoms with E-state index < -0.39 is 0 Å². The Balaban J connectivity index is 2.25. The van der Waals surface area contributed by atoms with Crippen molar-refractivity contribution >= 4 is 23.3 Å². The number of nitrogen functional groups attached to an aromatic ring is 2. The smallest absolute Gasteiger partial charge is 0.169 e. The molecule has 1 unspecified atom stereocenters. The minimum atomic E-state index is 0.326. The normalized spacial score (nSPS) is 22.0. The Hall–Kier alpha value is -0.970. The average Bonchev–Trinajstić information content (AvgIpc) is 2.62. The lowest BCUT2D eigenvalue weighted by Crippen LogP contribution is -2.03. The summed E-state index contributed by atoms with van der Waals surface area (Å²) in [6.07, 6.45) is 2.42. The van der Waals surface area contributed by atoms with Crippen molar-refractivity contribution < 1.29 is 0 Å². The molecule has 1 aromatic heterocycles. The molecule has 70 valence electrons. The molecule has 13 heavy (non-hydrogen) atoms. The molecule has 0 amide bonds. The lowest BCUT2D eigenvalue weighted by Gasteiger charge is -2.07. The highest BCUT2D eigenvalue weighted by Gasteiger charge is 2.19. The van der Waals surface area contributed by atoms with Gasteiger partial charge >= 0.3 is 0 Å². The third kappa shape index (κ3) is 1.70. The van der Waals surface area contributed by atoms with E-state index in [2.05, 4.69) is 10.2 Å². The molecule has 1 saturated heterocycles. The summed E-state index contributed by atoms with van der Waals surface area (Å²) in [5.41, 5.74) is 12.6. The van der Waals surface area contributed by atoms with Crippen molar-refractivity contribution in [2.75, 3.05) is 17.2 Å². The van der Waals surface area contributed by atoms with Crippen LogP contribution in [0.4, 0.5) is 11.5 Å². The Kier molecular flexibility index (Phi) is 2.26. The molecule has 0 bridgehead atoms. The topological polar surface area (TPSA) is 77.8 Å². The van der Waals surface area contributed by atoms with Gasteiger partial charge in [0.2, 0.25) is 0 Å². The zero-order valence-electron chi connectivity index (χ0n) is 7.23. The summed E-state index contributed by atoms with van der Waals surface area (Å²) >= 11 is 1.91. The molecule has 5 heteroatoms. The van der Waals surface area contributed by atoms with Gasteiger partial charge in [0.25, 0.3) is 0 Å². The monoisotopic (exact) mass is 196 g/mol. The molecule has 0 aromatic carbocycles. The first kappa shape index (κ1) is 8.62. The zero-order valence-corrected chi connectivity index (χ0v) is 8.05. The van der Waals surface area contributed by atoms with E-state index in [1.807, 2.05) is 17.8 Å². The fourth-order valence-corrected chi connectivity index (χ4v) is 2.64. The van der Waals surface area contributed by atoms with Crippen LogP contribution in [0.1, 0.15) is 23.8 Å². The van der Waals surface area contributed by atoms with E-state index in [-0.39, 0.29) is 0 Å². The lowest BCUT2D eigenvalue weighted by molar-refractivity contribution is 0.787. The molecule has 0 spiro atoms. The summed E-state index contributed by atoms with van der Waals surface area (Å²) in [5.74, 6) is 1.53. The van der Waals surface area contributed by atoms with Crippen molar-refractivity contribution in [3.63, 3.8) is 0 Å². The second kappa shape index (κ2) is 3.41. The van der Waals surface area contributed by atoms with Gasteiger partial charge in [-0.3, -0.25) is 0 Å². The number of nitrogens with zero attached hydrogens (tertiary/aromatic N) is 2. The van der Waals surface area contributed by atoms with E-state index in [1.165, 1.54) is 18.6 Å². The second-order valence-electron chi connectivity index (χ2n) is 3.11. The molecule has 1 aromatic rings. The van der Waals surface area contributed by atoms with Gasteiger partial charge in [0.05, 0.1) is 11.4 Å². The number of rotatable bonds is 1. The molecule has 1 atom stereocenters. The average molecular weight is 196 g/mol. The minimum Gasteiger partial charge on any atom is -0.396 e. The largest absolute Gasteiger partial charge is 0.396 e. The van der Waals surface area contributed by atoms with Crippen LogP contribution >= 0.6 is 11.8 Å². The molecular weight excluding hydrogens is 184 g/mol. The van der Waals surface area contributed by atoms with Crippen LogP contribution in [0.5, 0.6) is 0 Å². The van der Waals surface area contributed by atoms with Crippen molar-refractivity contribution in [3.8, 4) is 0 Å². The maximum absolute atomic E-state index is 5.65. The Morgan fingerprint density at radius 2 is 2.23 bits per heavy atom. The summed E-state index contributed by atoms with van der Waals surface area (Å²) in [7, 11) is 0. The van der Waals surface area contributed by atoms with E-state index >= 15 is 0 Å². The predicted octanol–water partition coefficient (Wildman–Crippen LogP) is 1.21. The Labute approximate surface area is 81.1 Å². The van der Waals surface area contributed by atoms with Gasteiger partial charge < -0.3 is 11.5 Å². The van der Waals surface area contributed by atoms with Crippen LogP contribution in [0.2, 0.25) is 0 Å². The van der Waals surface area contributed by atoms with Gasteiger partial charge in [-0.25, -0.2) is 0 Å². The number of hydrogen-bond donors (Lipinski definition) is 2. The van der Waals surface area contributed by atoms with Crippen LogP contribution in [0.3, 0.4) is 0 Å². The van der Waals surface area contributed by atoms with E-state index in [1.54, 1.807) is 0 Å². The second-order valence-corrected chi connectivity index (χ2v) is 4.42. The van der Waals surface area contributed by atoms with Gasteiger partial charge in [-0.1, -0.05) is 0 Å². The molecule has 4 nitrogen and oxygen atoms in total. The number of anilines is 2. The third-order valence-electron chi connectivity index (χ3n) is 2.13. The molecule has 1 aliphatic heterocycles. The molecule has 0 radical (unpaired) electrons. The van der Waals surface area contributed by atoms with Gasteiger partial charge in [-0.15, -0.1) is 5.10 Å². The molecule has 4 N–H and O–H groups in total. The van der Waals surface area contributed by atoms with Crippen molar-refractivity contribution in [2.45, 2.75) is 18.1 Å². The van der Waals surface area contributed by atoms with Crippen LogP contribution in [0, 0.1) is 0 Å². The van der Waals surface area contributed by atoms with E-state index in [0.29, 0.717) is 16.8 Å². The highest BCUT2D eigenvalue weighted by Crippen LogP contribution is 2.39. The predicted molar refractivity (Wildman–Crippen MR) is 55.3 cm³/mol. The summed E-state index contributed by atoms with van der Waals surface area (Å²) in [4.78, 5) is 0. The number of nitrogens with two attached hydrogens (primary N) is 2. The van der Waals surface area contributed by atoms with Gasteiger partial charge in [-0.05, 0) is 24.7 Å². The summed E-state index contributed by atoms with van der Waals surface area (Å²) in [5, 5.41) is 8.33. The first-order valence-corrected chi connectivity index (χ1v) is 5.32. The van der Waals surface area contributed by atoms with Crippen molar-refractivity contribution in [1.82, 2.24) is 10.2 Å². The number of thioether (sulfide) groups is 1. The van der Waals surface area contributed by atoms with Gasteiger partial charge in [0, 0.05) is 5.25 Å². The van der Waals surface area contributed by atoms with Gasteiger partial charge in [0.15, 0.2) is 5.82 Å². The first-order valence-electron chi connectivity index (χ1n) is 4.27. The SMILES string of the molecule is Nc1cc(C2CCCS2)nnc1N. The Morgan fingerprint density at radius 1 is 1.38 bits per heavy atom. The van der Waals surface area contributed by atoms with E-state index in [9.17, 15) is 0 Å². The number of hydrogen-bond acceptors (Lipinski definition) is 5. The molecule has 2 rings (SSSR count). The Bertz CT molecular complexity index is 309. The van der Waals surface area contributed by atoms with Crippen molar-refractivity contribution in [1.29, 1.82) is 0 Å². The van der Waals surface area contributed by atoms with E-state index in [0.717, 1.165) is 5.69 Å². The lowest BCUT2D eigenvalue weighted by atomic mass is 10.2. The van der Waals surface area contributed by atoms with E-state index in [4.69, 9.17) is 11.5 Å². The summed E-state index contributed by atoms with van der Waals surface area (Å²) in [6, 6.07) is 1.84.